The van der Waals surface area contributed by atoms with Crippen molar-refractivity contribution in [2.75, 3.05) is 43.6 Å². The number of rotatable bonds is 9. The molecule has 1 fully saturated rings. The number of carbonyl (C=O) groups is 1. The Balaban J connectivity index is 1.87. The van der Waals surface area contributed by atoms with Crippen molar-refractivity contribution in [2.24, 2.45) is 5.92 Å². The second kappa shape index (κ2) is 12.0. The van der Waals surface area contributed by atoms with Crippen LogP contribution in [0.5, 0.6) is 0 Å². The van der Waals surface area contributed by atoms with Crippen LogP contribution in [-0.2, 0) is 22.0 Å². The smallest absolute Gasteiger partial charge is 0.395 e. The first kappa shape index (κ1) is 26.5. The highest BCUT2D eigenvalue weighted by atomic mass is 35.5. The first-order valence-electron chi connectivity index (χ1n) is 10.9. The average Bonchev–Trinajstić information content (AvgIpc) is 2.82. The Morgan fingerprint density at radius 2 is 1.97 bits per heavy atom. The summed E-state index contributed by atoms with van der Waals surface area (Å²) in [6.07, 6.45) is -2.92. The lowest BCUT2D eigenvalue weighted by atomic mass is 9.98. The van der Waals surface area contributed by atoms with Crippen molar-refractivity contribution in [1.29, 1.82) is 0 Å². The molecule has 1 heterocycles. The maximum absolute atomic E-state index is 13.4. The van der Waals surface area contributed by atoms with Gasteiger partial charge in [0.15, 0.2) is 11.0 Å². The van der Waals surface area contributed by atoms with Crippen molar-refractivity contribution in [2.45, 2.75) is 23.9 Å². The number of aliphatic hydroxyl groups is 1. The Labute approximate surface area is 204 Å². The third kappa shape index (κ3) is 6.94. The highest BCUT2D eigenvalue weighted by Crippen LogP contribution is 2.36. The highest BCUT2D eigenvalue weighted by Gasteiger charge is 2.33. The number of carbonyl (C=O) groups excluding carboxylic acids is 1. The number of likely N-dealkylation sites (tertiary alicyclic amines) is 1. The number of piperidine rings is 1. The standard InChI is InChI=1S/C23H27ClF3N3O3S/c24-20-9-8-18(23(25,26)27)13-21(20)30(34(33)19-6-2-1-3-7-19)16-22(32)29-11-4-5-17(15-29)14-28-10-12-31/h1-3,6-9,13,17,28,31H,4-5,10-12,14-16H2. The van der Waals surface area contributed by atoms with E-state index in [9.17, 15) is 22.2 Å². The third-order valence-corrected chi connectivity index (χ3v) is 7.28. The van der Waals surface area contributed by atoms with E-state index >= 15 is 0 Å². The van der Waals surface area contributed by atoms with E-state index in [0.29, 0.717) is 31.1 Å². The SMILES string of the molecule is O=C(CN(c1cc(C(F)(F)F)ccc1Cl)S(=O)c1ccccc1)N1CCCC(CNCCO)C1. The van der Waals surface area contributed by atoms with Crippen LogP contribution in [0.4, 0.5) is 18.9 Å². The maximum Gasteiger partial charge on any atom is 0.416 e. The highest BCUT2D eigenvalue weighted by molar-refractivity contribution is 7.86. The molecular weight excluding hydrogens is 491 g/mol. The molecule has 34 heavy (non-hydrogen) atoms. The Morgan fingerprint density at radius 3 is 2.65 bits per heavy atom. The molecule has 0 aliphatic carbocycles. The molecule has 2 atom stereocenters. The average molecular weight is 518 g/mol. The number of nitrogens with one attached hydrogen (secondary N) is 1. The summed E-state index contributed by atoms with van der Waals surface area (Å²) >= 11 is 6.24. The van der Waals surface area contributed by atoms with Crippen molar-refractivity contribution in [3.63, 3.8) is 0 Å². The van der Waals surface area contributed by atoms with Crippen molar-refractivity contribution in [3.05, 3.63) is 59.1 Å². The molecule has 186 valence electrons. The topological polar surface area (TPSA) is 72.9 Å². The molecule has 0 saturated carbocycles. The monoisotopic (exact) mass is 517 g/mol. The number of alkyl halides is 3. The maximum atomic E-state index is 13.4. The first-order valence-corrected chi connectivity index (χ1v) is 12.4. The Hall–Kier alpha value is -2.14. The molecule has 0 bridgehead atoms. The van der Waals surface area contributed by atoms with E-state index in [0.717, 1.165) is 35.3 Å². The van der Waals surface area contributed by atoms with Crippen molar-refractivity contribution < 1.29 is 27.3 Å². The van der Waals surface area contributed by atoms with Gasteiger partial charge in [0.05, 0.1) is 27.8 Å². The molecule has 0 radical (unpaired) electrons. The van der Waals surface area contributed by atoms with Gasteiger partial charge in [-0.2, -0.15) is 13.2 Å². The van der Waals surface area contributed by atoms with Gasteiger partial charge in [-0.3, -0.25) is 9.10 Å². The van der Waals surface area contributed by atoms with Gasteiger partial charge < -0.3 is 15.3 Å². The van der Waals surface area contributed by atoms with Crippen LogP contribution in [0.15, 0.2) is 53.4 Å². The van der Waals surface area contributed by atoms with Crippen LogP contribution in [0, 0.1) is 5.92 Å². The van der Waals surface area contributed by atoms with Gasteiger partial charge in [-0.15, -0.1) is 0 Å². The van der Waals surface area contributed by atoms with Crippen LogP contribution in [0.1, 0.15) is 18.4 Å². The van der Waals surface area contributed by atoms with E-state index in [1.165, 1.54) is 0 Å². The predicted molar refractivity (Wildman–Crippen MR) is 126 cm³/mol. The van der Waals surface area contributed by atoms with Gasteiger partial charge in [0.1, 0.15) is 6.54 Å². The van der Waals surface area contributed by atoms with Crippen LogP contribution in [-0.4, -0.2) is 59.5 Å². The Morgan fingerprint density at radius 1 is 1.24 bits per heavy atom. The second-order valence-corrected chi connectivity index (χ2v) is 9.86. The lowest BCUT2D eigenvalue weighted by Crippen LogP contribution is -2.47. The van der Waals surface area contributed by atoms with Crippen molar-refractivity contribution >= 4 is 34.2 Å². The van der Waals surface area contributed by atoms with E-state index in [1.54, 1.807) is 35.2 Å². The normalized spacial score (nSPS) is 17.4. The van der Waals surface area contributed by atoms with E-state index in [4.69, 9.17) is 16.7 Å². The number of hydrogen-bond acceptors (Lipinski definition) is 4. The summed E-state index contributed by atoms with van der Waals surface area (Å²) in [5, 5.41) is 12.0. The zero-order valence-electron chi connectivity index (χ0n) is 18.4. The fraction of sp³-hybridized carbons (Fsp3) is 0.435. The van der Waals surface area contributed by atoms with Crippen LogP contribution in [0.3, 0.4) is 0 Å². The number of aliphatic hydroxyl groups excluding tert-OH is 1. The number of nitrogens with zero attached hydrogens (tertiary/aromatic N) is 2. The lowest BCUT2D eigenvalue weighted by Gasteiger charge is -2.34. The Kier molecular flexibility index (Phi) is 9.35. The summed E-state index contributed by atoms with van der Waals surface area (Å²) in [5.41, 5.74) is -1.06. The lowest BCUT2D eigenvalue weighted by molar-refractivity contribution is -0.137. The quantitative estimate of drug-likeness (QED) is 0.497. The minimum absolute atomic E-state index is 0.0212. The minimum Gasteiger partial charge on any atom is -0.395 e. The molecule has 0 aromatic heterocycles. The number of benzene rings is 2. The van der Waals surface area contributed by atoms with Crippen LogP contribution in [0.25, 0.3) is 0 Å². The Bertz CT molecular complexity index is 994. The number of amides is 1. The van der Waals surface area contributed by atoms with Gasteiger partial charge in [0, 0.05) is 19.6 Å². The number of halogens is 4. The summed E-state index contributed by atoms with van der Waals surface area (Å²) < 4.78 is 54.7. The van der Waals surface area contributed by atoms with Gasteiger partial charge in [-0.1, -0.05) is 29.8 Å². The summed E-state index contributed by atoms with van der Waals surface area (Å²) in [6, 6.07) is 11.0. The molecule has 3 rings (SSSR count). The molecule has 0 spiro atoms. The molecule has 2 unspecified atom stereocenters. The van der Waals surface area contributed by atoms with Gasteiger partial charge in [0.2, 0.25) is 5.91 Å². The van der Waals surface area contributed by atoms with Gasteiger partial charge >= 0.3 is 6.18 Å². The van der Waals surface area contributed by atoms with Crippen LogP contribution in [0.2, 0.25) is 5.02 Å². The minimum atomic E-state index is -4.62. The molecule has 1 aliphatic rings. The largest absolute Gasteiger partial charge is 0.416 e. The van der Waals surface area contributed by atoms with Crippen LogP contribution >= 0.6 is 11.6 Å². The molecule has 1 aliphatic heterocycles. The predicted octanol–water partition coefficient (Wildman–Crippen LogP) is 3.71. The molecular formula is C23H27ClF3N3O3S. The van der Waals surface area contributed by atoms with E-state index in [2.05, 4.69) is 5.32 Å². The first-order chi connectivity index (χ1) is 16.2. The molecule has 2 N–H and O–H groups in total. The number of hydrogen-bond donors (Lipinski definition) is 2. The van der Waals surface area contributed by atoms with Gasteiger partial charge in [-0.25, -0.2) is 4.21 Å². The van der Waals surface area contributed by atoms with Crippen LogP contribution < -0.4 is 9.62 Å². The second-order valence-electron chi connectivity index (χ2n) is 8.04. The zero-order chi connectivity index (χ0) is 24.7. The fourth-order valence-electron chi connectivity index (χ4n) is 3.84. The fourth-order valence-corrected chi connectivity index (χ4v) is 5.32. The van der Waals surface area contributed by atoms with Crippen molar-refractivity contribution in [1.82, 2.24) is 10.2 Å². The molecule has 11 heteroatoms. The molecule has 6 nitrogen and oxygen atoms in total. The van der Waals surface area contributed by atoms with E-state index < -0.39 is 22.7 Å². The van der Waals surface area contributed by atoms with Crippen molar-refractivity contribution in [3.8, 4) is 0 Å². The summed E-state index contributed by atoms with van der Waals surface area (Å²) in [6.45, 7) is 1.72. The zero-order valence-corrected chi connectivity index (χ0v) is 20.0. The summed E-state index contributed by atoms with van der Waals surface area (Å²) in [5.74, 6) is -0.154. The van der Waals surface area contributed by atoms with E-state index in [-0.39, 0.29) is 35.7 Å². The van der Waals surface area contributed by atoms with Gasteiger partial charge in [0.25, 0.3) is 0 Å². The summed E-state index contributed by atoms with van der Waals surface area (Å²) in [4.78, 5) is 15.2. The summed E-state index contributed by atoms with van der Waals surface area (Å²) in [7, 11) is -1.96. The third-order valence-electron chi connectivity index (χ3n) is 5.56. The molecule has 2 aromatic carbocycles. The van der Waals surface area contributed by atoms with Gasteiger partial charge in [-0.05, 0) is 55.6 Å². The molecule has 2 aromatic rings. The number of anilines is 1. The van der Waals surface area contributed by atoms with E-state index in [1.807, 2.05) is 0 Å². The molecule has 1 amide bonds. The molecule has 1 saturated heterocycles.